The summed E-state index contributed by atoms with van der Waals surface area (Å²) in [5.74, 6) is -1.31. The number of rotatable bonds is 3. The lowest BCUT2D eigenvalue weighted by Crippen LogP contribution is -2.52. The Balaban J connectivity index is 2.53. The molecule has 1 unspecified atom stereocenters. The maximum absolute atomic E-state index is 12.7. The number of hydrogen-bond acceptors (Lipinski definition) is 4. The lowest BCUT2D eigenvalue weighted by atomic mass is 10.3. The van der Waals surface area contributed by atoms with Crippen LogP contribution in [0.4, 0.5) is 0 Å². The Kier molecular flexibility index (Phi) is 5.02. The summed E-state index contributed by atoms with van der Waals surface area (Å²) in [6.45, 7) is -0.252. The number of carbonyl (C=O) groups is 1. The molecule has 0 radical (unpaired) electrons. The second-order valence-corrected chi connectivity index (χ2v) is 7.32. The molecular weight excluding hydrogens is 365 g/mol. The Morgan fingerprint density at radius 1 is 1.29 bits per heavy atom. The summed E-state index contributed by atoms with van der Waals surface area (Å²) in [4.78, 5) is 10.8. The van der Waals surface area contributed by atoms with Crippen molar-refractivity contribution in [3.05, 3.63) is 27.2 Å². The summed E-state index contributed by atoms with van der Waals surface area (Å²) >= 11 is 17.6. The maximum Gasteiger partial charge on any atom is 0.324 e. The summed E-state index contributed by atoms with van der Waals surface area (Å²) < 4.78 is 31.1. The minimum Gasteiger partial charge on any atom is -0.480 e. The highest BCUT2D eigenvalue weighted by molar-refractivity contribution is 7.89. The van der Waals surface area contributed by atoms with Crippen LogP contribution in [0.25, 0.3) is 0 Å². The standard InChI is InChI=1S/C11H10Cl3NO5S/c12-6-3-7(13)10(8(14)4-6)21(18,19)15-1-2-20-5-9(15)11(16)17/h3-4,9H,1-2,5H2,(H,16,17). The third-order valence-corrected chi connectivity index (χ3v) is 5.94. The van der Waals surface area contributed by atoms with Crippen molar-refractivity contribution in [2.45, 2.75) is 10.9 Å². The van der Waals surface area contributed by atoms with Crippen molar-refractivity contribution in [3.8, 4) is 0 Å². The third kappa shape index (κ3) is 3.28. The Bertz CT molecular complexity index is 655. The number of benzene rings is 1. The van der Waals surface area contributed by atoms with Crippen molar-refractivity contribution < 1.29 is 23.1 Å². The molecule has 1 aromatic carbocycles. The van der Waals surface area contributed by atoms with Gasteiger partial charge in [-0.2, -0.15) is 4.31 Å². The highest BCUT2D eigenvalue weighted by atomic mass is 35.5. The van der Waals surface area contributed by atoms with Crippen molar-refractivity contribution in [3.63, 3.8) is 0 Å². The topological polar surface area (TPSA) is 83.9 Å². The molecule has 1 aliphatic heterocycles. The van der Waals surface area contributed by atoms with E-state index in [2.05, 4.69) is 0 Å². The van der Waals surface area contributed by atoms with E-state index in [0.29, 0.717) is 0 Å². The highest BCUT2D eigenvalue weighted by Crippen LogP contribution is 2.35. The van der Waals surface area contributed by atoms with Gasteiger partial charge in [-0.05, 0) is 12.1 Å². The van der Waals surface area contributed by atoms with Crippen LogP contribution in [0.5, 0.6) is 0 Å². The van der Waals surface area contributed by atoms with Crippen LogP contribution < -0.4 is 0 Å². The van der Waals surface area contributed by atoms with Gasteiger partial charge in [0.05, 0.1) is 23.3 Å². The molecule has 1 heterocycles. The van der Waals surface area contributed by atoms with E-state index in [4.69, 9.17) is 44.6 Å². The molecule has 1 aromatic rings. The van der Waals surface area contributed by atoms with Gasteiger partial charge in [-0.3, -0.25) is 4.79 Å². The van der Waals surface area contributed by atoms with Gasteiger partial charge in [-0.25, -0.2) is 8.42 Å². The number of aliphatic carboxylic acids is 1. The molecule has 0 amide bonds. The smallest absolute Gasteiger partial charge is 0.324 e. The molecule has 21 heavy (non-hydrogen) atoms. The van der Waals surface area contributed by atoms with Crippen molar-refractivity contribution in [2.24, 2.45) is 0 Å². The molecule has 0 aliphatic carbocycles. The third-order valence-electron chi connectivity index (χ3n) is 2.89. The summed E-state index contributed by atoms with van der Waals surface area (Å²) in [5, 5.41) is 8.98. The molecule has 10 heteroatoms. The molecule has 2 rings (SSSR count). The first kappa shape index (κ1) is 16.8. The molecule has 1 N–H and O–H groups in total. The average molecular weight is 375 g/mol. The number of morpholine rings is 1. The Morgan fingerprint density at radius 3 is 2.38 bits per heavy atom. The lowest BCUT2D eigenvalue weighted by Gasteiger charge is -2.32. The van der Waals surface area contributed by atoms with Crippen molar-refractivity contribution >= 4 is 50.8 Å². The lowest BCUT2D eigenvalue weighted by molar-refractivity contribution is -0.146. The number of carboxylic acid groups (broad SMARTS) is 1. The van der Waals surface area contributed by atoms with Crippen LogP contribution in [-0.4, -0.2) is 49.6 Å². The van der Waals surface area contributed by atoms with Gasteiger partial charge in [-0.15, -0.1) is 0 Å². The Morgan fingerprint density at radius 2 is 1.86 bits per heavy atom. The Hall–Kier alpha value is -0.570. The first-order valence-electron chi connectivity index (χ1n) is 5.72. The van der Waals surface area contributed by atoms with Crippen LogP contribution in [0.2, 0.25) is 15.1 Å². The monoisotopic (exact) mass is 373 g/mol. The zero-order chi connectivity index (χ0) is 15.8. The fourth-order valence-corrected chi connectivity index (χ4v) is 5.01. The van der Waals surface area contributed by atoms with Crippen molar-refractivity contribution in [1.82, 2.24) is 4.31 Å². The fourth-order valence-electron chi connectivity index (χ4n) is 1.96. The van der Waals surface area contributed by atoms with E-state index in [1.165, 1.54) is 12.1 Å². The van der Waals surface area contributed by atoms with E-state index in [-0.39, 0.29) is 39.7 Å². The molecule has 0 aromatic heterocycles. The van der Waals surface area contributed by atoms with Gasteiger partial charge in [0.1, 0.15) is 10.9 Å². The van der Waals surface area contributed by atoms with Crippen LogP contribution in [0.1, 0.15) is 0 Å². The minimum atomic E-state index is -4.18. The van der Waals surface area contributed by atoms with Crippen molar-refractivity contribution in [1.29, 1.82) is 0 Å². The van der Waals surface area contributed by atoms with Gasteiger partial charge < -0.3 is 9.84 Å². The van der Waals surface area contributed by atoms with E-state index >= 15 is 0 Å². The minimum absolute atomic E-state index is 0.0891. The predicted molar refractivity (Wildman–Crippen MR) is 77.6 cm³/mol. The first-order valence-corrected chi connectivity index (χ1v) is 8.29. The number of ether oxygens (including phenoxy) is 1. The molecule has 116 valence electrons. The molecule has 1 saturated heterocycles. The largest absolute Gasteiger partial charge is 0.480 e. The van der Waals surface area contributed by atoms with E-state index < -0.39 is 22.0 Å². The van der Waals surface area contributed by atoms with Crippen LogP contribution in [0.15, 0.2) is 17.0 Å². The molecule has 1 fully saturated rings. The molecule has 1 aliphatic rings. The fraction of sp³-hybridized carbons (Fsp3) is 0.364. The summed E-state index contributed by atoms with van der Waals surface area (Å²) in [6, 6.07) is 1.14. The first-order chi connectivity index (χ1) is 9.75. The van der Waals surface area contributed by atoms with E-state index in [9.17, 15) is 13.2 Å². The highest BCUT2D eigenvalue weighted by Gasteiger charge is 2.40. The molecule has 0 saturated carbocycles. The molecule has 0 bridgehead atoms. The van der Waals surface area contributed by atoms with Crippen LogP contribution in [0.3, 0.4) is 0 Å². The Labute approximate surface area is 136 Å². The van der Waals surface area contributed by atoms with E-state index in [1.807, 2.05) is 0 Å². The zero-order valence-electron chi connectivity index (χ0n) is 10.4. The number of carboxylic acids is 1. The number of halogens is 3. The molecule has 0 spiro atoms. The van der Waals surface area contributed by atoms with Crippen LogP contribution in [0, 0.1) is 0 Å². The van der Waals surface area contributed by atoms with Gasteiger partial charge in [-0.1, -0.05) is 34.8 Å². The van der Waals surface area contributed by atoms with Crippen LogP contribution in [-0.2, 0) is 19.6 Å². The number of hydrogen-bond donors (Lipinski definition) is 1. The second kappa shape index (κ2) is 6.28. The van der Waals surface area contributed by atoms with Gasteiger partial charge in [0.25, 0.3) is 0 Å². The van der Waals surface area contributed by atoms with Gasteiger partial charge in [0.2, 0.25) is 10.0 Å². The molecule has 1 atom stereocenters. The van der Waals surface area contributed by atoms with Gasteiger partial charge in [0, 0.05) is 11.6 Å². The zero-order valence-corrected chi connectivity index (χ0v) is 13.5. The number of sulfonamides is 1. The average Bonchev–Trinajstić information content (AvgIpc) is 2.37. The van der Waals surface area contributed by atoms with Gasteiger partial charge >= 0.3 is 5.97 Å². The van der Waals surface area contributed by atoms with Gasteiger partial charge in [0.15, 0.2) is 0 Å². The summed E-state index contributed by atoms with van der Waals surface area (Å²) in [7, 11) is -4.18. The SMILES string of the molecule is O=C(O)C1COCCN1S(=O)(=O)c1c(Cl)cc(Cl)cc1Cl. The van der Waals surface area contributed by atoms with Crippen molar-refractivity contribution in [2.75, 3.05) is 19.8 Å². The number of nitrogens with zero attached hydrogens (tertiary/aromatic N) is 1. The van der Waals surface area contributed by atoms with Crippen LogP contribution >= 0.6 is 34.8 Å². The normalized spacial score (nSPS) is 20.4. The van der Waals surface area contributed by atoms with E-state index in [1.54, 1.807) is 0 Å². The summed E-state index contributed by atoms with van der Waals surface area (Å²) in [5.41, 5.74) is 0. The predicted octanol–water partition coefficient (Wildman–Crippen LogP) is 2.12. The molecular formula is C11H10Cl3NO5S. The summed E-state index contributed by atoms with van der Waals surface area (Å²) in [6.07, 6.45) is 0. The van der Waals surface area contributed by atoms with E-state index in [0.717, 1.165) is 4.31 Å². The maximum atomic E-state index is 12.7. The quantitative estimate of drug-likeness (QED) is 0.876. The second-order valence-electron chi connectivity index (χ2n) is 4.24. The molecule has 6 nitrogen and oxygen atoms in total.